The molecule has 0 radical (unpaired) electrons. The molecule has 0 bridgehead atoms. The number of hydrogen-bond acceptors (Lipinski definition) is 3. The summed E-state index contributed by atoms with van der Waals surface area (Å²) >= 11 is 0. The van der Waals surface area contributed by atoms with Crippen molar-refractivity contribution in [2.24, 2.45) is 5.41 Å². The molecule has 2 aromatic rings. The first-order valence-electron chi connectivity index (χ1n) is 7.53. The zero-order chi connectivity index (χ0) is 14.9. The quantitative estimate of drug-likeness (QED) is 0.816. The Hall–Kier alpha value is -2.08. The van der Waals surface area contributed by atoms with E-state index in [1.165, 1.54) is 12.8 Å². The van der Waals surface area contributed by atoms with E-state index in [-0.39, 0.29) is 6.10 Å². The molecule has 0 spiro atoms. The summed E-state index contributed by atoms with van der Waals surface area (Å²) in [6.45, 7) is 4.62. The Bertz CT molecular complexity index is 690. The third kappa shape index (κ3) is 2.85. The van der Waals surface area contributed by atoms with Gasteiger partial charge in [-0.25, -0.2) is 0 Å². The molecule has 1 aliphatic carbocycles. The van der Waals surface area contributed by atoms with E-state index in [1.807, 2.05) is 24.3 Å². The molecule has 0 saturated heterocycles. The lowest BCUT2D eigenvalue weighted by Crippen LogP contribution is -2.28. The van der Waals surface area contributed by atoms with Gasteiger partial charge in [0.25, 0.3) is 0 Å². The fourth-order valence-electron chi connectivity index (χ4n) is 2.98. The predicted octanol–water partition coefficient (Wildman–Crippen LogP) is 4.45. The first kappa shape index (κ1) is 13.9. The second-order valence-corrected chi connectivity index (χ2v) is 6.61. The average Bonchev–Trinajstić information content (AvgIpc) is 2.49. The molecule has 1 aliphatic rings. The molecule has 1 aromatic carbocycles. The van der Waals surface area contributed by atoms with Crippen molar-refractivity contribution in [1.29, 1.82) is 5.26 Å². The lowest BCUT2D eigenvalue weighted by molar-refractivity contribution is 0.0997. The Morgan fingerprint density at radius 1 is 1.24 bits per heavy atom. The summed E-state index contributed by atoms with van der Waals surface area (Å²) in [6.07, 6.45) is 6.26. The van der Waals surface area contributed by atoms with Crippen molar-refractivity contribution >= 4 is 10.9 Å². The number of ether oxygens (including phenoxy) is 1. The summed E-state index contributed by atoms with van der Waals surface area (Å²) in [4.78, 5) is 4.33. The maximum Gasteiger partial charge on any atom is 0.148 e. The van der Waals surface area contributed by atoms with Gasteiger partial charge in [0, 0.05) is 11.6 Å². The molecule has 3 heteroatoms. The van der Waals surface area contributed by atoms with E-state index < -0.39 is 0 Å². The van der Waals surface area contributed by atoms with Crippen LogP contribution in [0.1, 0.15) is 45.1 Å². The van der Waals surface area contributed by atoms with E-state index in [0.29, 0.717) is 16.7 Å². The number of nitrogens with zero attached hydrogens (tertiary/aromatic N) is 2. The summed E-state index contributed by atoms with van der Waals surface area (Å²) in [5.74, 6) is 0.702. The molecule has 0 unspecified atom stereocenters. The second-order valence-electron chi connectivity index (χ2n) is 6.61. The van der Waals surface area contributed by atoms with Crippen LogP contribution < -0.4 is 4.74 Å². The highest BCUT2D eigenvalue weighted by Gasteiger charge is 2.28. The molecule has 1 heterocycles. The van der Waals surface area contributed by atoms with E-state index in [2.05, 4.69) is 24.9 Å². The van der Waals surface area contributed by atoms with Crippen LogP contribution in [0.25, 0.3) is 10.9 Å². The molecule has 1 fully saturated rings. The highest BCUT2D eigenvalue weighted by Crippen LogP contribution is 2.38. The molecular weight excluding hydrogens is 260 g/mol. The van der Waals surface area contributed by atoms with Crippen LogP contribution in [0.3, 0.4) is 0 Å². The van der Waals surface area contributed by atoms with E-state index in [9.17, 15) is 5.26 Å². The molecule has 0 N–H and O–H groups in total. The maximum absolute atomic E-state index is 9.32. The lowest BCUT2D eigenvalue weighted by atomic mass is 9.76. The number of pyridine rings is 1. The minimum absolute atomic E-state index is 0.205. The maximum atomic E-state index is 9.32. The molecule has 0 amide bonds. The molecule has 1 saturated carbocycles. The molecule has 1 aromatic heterocycles. The van der Waals surface area contributed by atoms with Gasteiger partial charge in [-0.1, -0.05) is 26.0 Å². The van der Waals surface area contributed by atoms with Crippen molar-refractivity contribution in [1.82, 2.24) is 4.98 Å². The zero-order valence-corrected chi connectivity index (χ0v) is 12.6. The van der Waals surface area contributed by atoms with Crippen molar-refractivity contribution in [3.05, 3.63) is 36.0 Å². The van der Waals surface area contributed by atoms with Gasteiger partial charge >= 0.3 is 0 Å². The summed E-state index contributed by atoms with van der Waals surface area (Å²) < 4.78 is 6.22. The first-order chi connectivity index (χ1) is 10.1. The zero-order valence-electron chi connectivity index (χ0n) is 12.6. The smallest absolute Gasteiger partial charge is 0.148 e. The fourth-order valence-corrected chi connectivity index (χ4v) is 2.98. The minimum Gasteiger partial charge on any atom is -0.488 e. The molecule has 3 rings (SSSR count). The van der Waals surface area contributed by atoms with Crippen molar-refractivity contribution in [2.75, 3.05) is 0 Å². The number of fused-ring (bicyclic) bond motifs is 1. The van der Waals surface area contributed by atoms with Crippen molar-refractivity contribution in [3.63, 3.8) is 0 Å². The van der Waals surface area contributed by atoms with Crippen LogP contribution >= 0.6 is 0 Å². The monoisotopic (exact) mass is 280 g/mol. The number of aromatic nitrogens is 1. The number of benzene rings is 1. The van der Waals surface area contributed by atoms with Crippen LogP contribution in [0.4, 0.5) is 0 Å². The lowest BCUT2D eigenvalue weighted by Gasteiger charge is -2.34. The third-order valence-corrected chi connectivity index (χ3v) is 4.42. The van der Waals surface area contributed by atoms with Gasteiger partial charge in [0.2, 0.25) is 0 Å². The molecular formula is C18H20N2O. The van der Waals surface area contributed by atoms with Gasteiger partial charge in [0.1, 0.15) is 17.4 Å². The second kappa shape index (κ2) is 5.37. The summed E-state index contributed by atoms with van der Waals surface area (Å²) in [5.41, 5.74) is 1.82. The van der Waals surface area contributed by atoms with Gasteiger partial charge in [0.15, 0.2) is 0 Å². The van der Waals surface area contributed by atoms with Crippen LogP contribution in [0, 0.1) is 16.7 Å². The van der Waals surface area contributed by atoms with Crippen LogP contribution in [-0.4, -0.2) is 11.1 Å². The normalized spacial score (nSPS) is 18.3. The van der Waals surface area contributed by atoms with Crippen molar-refractivity contribution < 1.29 is 4.74 Å². The Kier molecular flexibility index (Phi) is 3.55. The molecule has 0 aliphatic heterocycles. The number of nitriles is 1. The van der Waals surface area contributed by atoms with Crippen LogP contribution in [0.15, 0.2) is 30.5 Å². The highest BCUT2D eigenvalue weighted by atomic mass is 16.5. The van der Waals surface area contributed by atoms with Crippen molar-refractivity contribution in [2.45, 2.75) is 45.6 Å². The van der Waals surface area contributed by atoms with E-state index in [0.717, 1.165) is 23.7 Å². The SMILES string of the molecule is CC1(C)CCC(Oc2c(C#N)cnc3ccccc23)CC1. The van der Waals surface area contributed by atoms with Gasteiger partial charge in [-0.05, 0) is 43.2 Å². The van der Waals surface area contributed by atoms with Gasteiger partial charge in [0.05, 0.1) is 11.6 Å². The van der Waals surface area contributed by atoms with Crippen LogP contribution in [0.5, 0.6) is 5.75 Å². The highest BCUT2D eigenvalue weighted by molar-refractivity contribution is 5.87. The van der Waals surface area contributed by atoms with Gasteiger partial charge in [-0.3, -0.25) is 4.98 Å². The topological polar surface area (TPSA) is 45.9 Å². The van der Waals surface area contributed by atoms with Crippen molar-refractivity contribution in [3.8, 4) is 11.8 Å². The van der Waals surface area contributed by atoms with Gasteiger partial charge in [-0.2, -0.15) is 5.26 Å². The Balaban J connectivity index is 1.91. The minimum atomic E-state index is 0.205. The fraction of sp³-hybridized carbons (Fsp3) is 0.444. The molecule has 21 heavy (non-hydrogen) atoms. The van der Waals surface area contributed by atoms with Crippen LogP contribution in [-0.2, 0) is 0 Å². The number of para-hydroxylation sites is 1. The number of rotatable bonds is 2. The van der Waals surface area contributed by atoms with Crippen LogP contribution in [0.2, 0.25) is 0 Å². The Morgan fingerprint density at radius 3 is 2.67 bits per heavy atom. The standard InChI is InChI=1S/C18H20N2O/c1-18(2)9-7-14(8-10-18)21-17-13(11-19)12-20-16-6-4-3-5-15(16)17/h3-6,12,14H,7-10H2,1-2H3. The molecule has 3 nitrogen and oxygen atoms in total. The third-order valence-electron chi connectivity index (χ3n) is 4.42. The van der Waals surface area contributed by atoms with E-state index >= 15 is 0 Å². The summed E-state index contributed by atoms with van der Waals surface area (Å²) in [7, 11) is 0. The molecule has 0 atom stereocenters. The van der Waals surface area contributed by atoms with E-state index in [1.54, 1.807) is 6.20 Å². The summed E-state index contributed by atoms with van der Waals surface area (Å²) in [5, 5.41) is 10.3. The van der Waals surface area contributed by atoms with Gasteiger partial charge in [-0.15, -0.1) is 0 Å². The predicted molar refractivity (Wildman–Crippen MR) is 83.1 cm³/mol. The Labute approximate surface area is 125 Å². The summed E-state index contributed by atoms with van der Waals surface area (Å²) in [6, 6.07) is 10.0. The average molecular weight is 280 g/mol. The first-order valence-corrected chi connectivity index (χ1v) is 7.53. The van der Waals surface area contributed by atoms with E-state index in [4.69, 9.17) is 4.74 Å². The largest absolute Gasteiger partial charge is 0.488 e. The molecule has 108 valence electrons. The Morgan fingerprint density at radius 2 is 1.95 bits per heavy atom. The van der Waals surface area contributed by atoms with Gasteiger partial charge < -0.3 is 4.74 Å². The number of hydrogen-bond donors (Lipinski definition) is 0.